The smallest absolute Gasteiger partial charge is 0.128 e. The van der Waals surface area contributed by atoms with Crippen LogP contribution in [-0.4, -0.2) is 0 Å². The third kappa shape index (κ3) is 2.18. The zero-order chi connectivity index (χ0) is 8.43. The second kappa shape index (κ2) is 4.23. The maximum atomic E-state index is 12.9. The van der Waals surface area contributed by atoms with Gasteiger partial charge in [0, 0.05) is 12.7 Å². The van der Waals surface area contributed by atoms with E-state index >= 15 is 0 Å². The van der Waals surface area contributed by atoms with Crippen LogP contribution in [0.5, 0.6) is 0 Å². The number of alkyl halides is 1. The fourth-order valence-electron chi connectivity index (χ4n) is 0.692. The van der Waals surface area contributed by atoms with Gasteiger partial charge in [-0.25, -0.2) is 4.39 Å². The molecule has 0 spiro atoms. The highest BCUT2D eigenvalue weighted by Crippen LogP contribution is 2.23. The van der Waals surface area contributed by atoms with E-state index in [0.717, 1.165) is 7.14 Å². The Labute approximate surface area is 96.8 Å². The predicted molar refractivity (Wildman–Crippen MR) is 61.4 cm³/mol. The lowest BCUT2D eigenvalue weighted by Gasteiger charge is -2.03. The molecule has 0 aliphatic rings. The Bertz CT molecular complexity index is 275. The van der Waals surface area contributed by atoms with Gasteiger partial charge in [-0.05, 0) is 57.3 Å². The summed E-state index contributed by atoms with van der Waals surface area (Å²) < 4.78 is 14.9. The van der Waals surface area contributed by atoms with Gasteiger partial charge in [-0.3, -0.25) is 0 Å². The maximum absolute atomic E-state index is 12.9. The lowest BCUT2D eigenvalue weighted by atomic mass is 10.2. The Morgan fingerprint density at radius 2 is 2.00 bits per heavy atom. The Balaban J connectivity index is 3.29. The molecule has 0 nitrogen and oxygen atoms in total. The number of hydrogen-bond acceptors (Lipinski definition) is 0. The SMILES string of the molecule is Fc1ccc(I)c(I)c1CCl. The van der Waals surface area contributed by atoms with Crippen LogP contribution in [-0.2, 0) is 5.88 Å². The molecule has 60 valence electrons. The monoisotopic (exact) mass is 396 g/mol. The third-order valence-electron chi connectivity index (χ3n) is 1.27. The summed E-state index contributed by atoms with van der Waals surface area (Å²) in [6, 6.07) is 3.19. The molecule has 0 amide bonds. The molecule has 0 aliphatic carbocycles. The summed E-state index contributed by atoms with van der Waals surface area (Å²) in [7, 11) is 0. The van der Waals surface area contributed by atoms with E-state index in [-0.39, 0.29) is 11.7 Å². The van der Waals surface area contributed by atoms with Crippen LogP contribution in [0.3, 0.4) is 0 Å². The Morgan fingerprint density at radius 1 is 1.36 bits per heavy atom. The molecular weight excluding hydrogens is 392 g/mol. The molecule has 0 N–H and O–H groups in total. The van der Waals surface area contributed by atoms with Crippen LogP contribution in [0.2, 0.25) is 0 Å². The van der Waals surface area contributed by atoms with E-state index in [1.165, 1.54) is 6.07 Å². The van der Waals surface area contributed by atoms with Gasteiger partial charge < -0.3 is 0 Å². The largest absolute Gasteiger partial charge is 0.207 e. The second-order valence-corrected chi connectivity index (χ2v) is 4.46. The summed E-state index contributed by atoms with van der Waals surface area (Å²) in [5, 5.41) is 0. The number of benzene rings is 1. The molecule has 1 aromatic rings. The van der Waals surface area contributed by atoms with Crippen LogP contribution in [0.4, 0.5) is 4.39 Å². The van der Waals surface area contributed by atoms with Gasteiger partial charge in [0.1, 0.15) is 5.82 Å². The molecule has 0 fully saturated rings. The van der Waals surface area contributed by atoms with Crippen LogP contribution in [0.25, 0.3) is 0 Å². The first-order valence-corrected chi connectivity index (χ1v) is 5.54. The molecule has 0 atom stereocenters. The van der Waals surface area contributed by atoms with E-state index in [9.17, 15) is 4.39 Å². The highest BCUT2D eigenvalue weighted by molar-refractivity contribution is 14.1. The summed E-state index contributed by atoms with van der Waals surface area (Å²) in [4.78, 5) is 0. The fourth-order valence-corrected chi connectivity index (χ4v) is 2.31. The van der Waals surface area contributed by atoms with Gasteiger partial charge in [-0.2, -0.15) is 0 Å². The van der Waals surface area contributed by atoms with Crippen molar-refractivity contribution in [1.82, 2.24) is 0 Å². The van der Waals surface area contributed by atoms with E-state index in [1.807, 2.05) is 0 Å². The van der Waals surface area contributed by atoms with Crippen LogP contribution in [0.15, 0.2) is 12.1 Å². The van der Waals surface area contributed by atoms with Gasteiger partial charge >= 0.3 is 0 Å². The first-order chi connectivity index (χ1) is 5.16. The number of hydrogen-bond donors (Lipinski definition) is 0. The zero-order valence-corrected chi connectivity index (χ0v) is 10.4. The Kier molecular flexibility index (Phi) is 3.84. The Morgan fingerprint density at radius 3 is 2.45 bits per heavy atom. The predicted octanol–water partition coefficient (Wildman–Crippen LogP) is 3.77. The first-order valence-electron chi connectivity index (χ1n) is 2.85. The number of halogens is 4. The molecular formula is C7H4ClFI2. The van der Waals surface area contributed by atoms with Gasteiger partial charge in [-0.1, -0.05) is 0 Å². The highest BCUT2D eigenvalue weighted by atomic mass is 127. The molecule has 0 aliphatic heterocycles. The molecule has 0 heterocycles. The summed E-state index contributed by atoms with van der Waals surface area (Å²) in [6.45, 7) is 0. The van der Waals surface area contributed by atoms with Crippen molar-refractivity contribution < 1.29 is 4.39 Å². The topological polar surface area (TPSA) is 0 Å². The van der Waals surface area contributed by atoms with Gasteiger partial charge in [-0.15, -0.1) is 11.6 Å². The minimum atomic E-state index is -0.218. The molecule has 1 aromatic carbocycles. The van der Waals surface area contributed by atoms with Crippen molar-refractivity contribution in [3.8, 4) is 0 Å². The van der Waals surface area contributed by atoms with Gasteiger partial charge in [0.2, 0.25) is 0 Å². The van der Waals surface area contributed by atoms with E-state index < -0.39 is 0 Å². The van der Waals surface area contributed by atoms with Crippen LogP contribution < -0.4 is 0 Å². The molecule has 0 saturated heterocycles. The van der Waals surface area contributed by atoms with Gasteiger partial charge in [0.25, 0.3) is 0 Å². The van der Waals surface area contributed by atoms with Gasteiger partial charge in [0.15, 0.2) is 0 Å². The summed E-state index contributed by atoms with van der Waals surface area (Å²) >= 11 is 9.82. The van der Waals surface area contributed by atoms with Crippen LogP contribution >= 0.6 is 56.8 Å². The molecule has 0 aromatic heterocycles. The van der Waals surface area contributed by atoms with Crippen molar-refractivity contribution in [2.75, 3.05) is 0 Å². The molecule has 0 saturated carbocycles. The molecule has 0 radical (unpaired) electrons. The molecule has 11 heavy (non-hydrogen) atoms. The van der Waals surface area contributed by atoms with Crippen molar-refractivity contribution in [3.63, 3.8) is 0 Å². The second-order valence-electron chi connectivity index (χ2n) is 1.96. The van der Waals surface area contributed by atoms with Crippen molar-refractivity contribution in [3.05, 3.63) is 30.7 Å². The normalized spacial score (nSPS) is 10.2. The average molecular weight is 396 g/mol. The van der Waals surface area contributed by atoms with Crippen molar-refractivity contribution >= 4 is 56.8 Å². The summed E-state index contributed by atoms with van der Waals surface area (Å²) in [5.41, 5.74) is 0.596. The quantitative estimate of drug-likeness (QED) is 0.385. The van der Waals surface area contributed by atoms with Gasteiger partial charge in [0.05, 0.1) is 5.88 Å². The van der Waals surface area contributed by atoms with E-state index in [0.29, 0.717) is 5.56 Å². The van der Waals surface area contributed by atoms with Crippen molar-refractivity contribution in [1.29, 1.82) is 0 Å². The maximum Gasteiger partial charge on any atom is 0.128 e. The molecule has 4 heteroatoms. The number of rotatable bonds is 1. The average Bonchev–Trinajstić information content (AvgIpc) is 1.99. The summed E-state index contributed by atoms with van der Waals surface area (Å²) in [5.74, 6) is 0.0193. The molecule has 0 bridgehead atoms. The molecule has 1 rings (SSSR count). The van der Waals surface area contributed by atoms with Crippen molar-refractivity contribution in [2.45, 2.75) is 5.88 Å². The lowest BCUT2D eigenvalue weighted by Crippen LogP contribution is -1.93. The fraction of sp³-hybridized carbons (Fsp3) is 0.143. The Hall–Kier alpha value is 0.900. The minimum absolute atomic E-state index is 0.218. The lowest BCUT2D eigenvalue weighted by molar-refractivity contribution is 0.615. The third-order valence-corrected chi connectivity index (χ3v) is 4.70. The van der Waals surface area contributed by atoms with Crippen LogP contribution in [0.1, 0.15) is 5.56 Å². The van der Waals surface area contributed by atoms with E-state index in [2.05, 4.69) is 45.2 Å². The van der Waals surface area contributed by atoms with Crippen molar-refractivity contribution in [2.24, 2.45) is 0 Å². The minimum Gasteiger partial charge on any atom is -0.207 e. The van der Waals surface area contributed by atoms with E-state index in [4.69, 9.17) is 11.6 Å². The standard InChI is InChI=1S/C7H4ClFI2/c8-3-4-5(9)1-2-6(10)7(4)11/h1-2H,3H2. The summed E-state index contributed by atoms with van der Waals surface area (Å²) in [6.07, 6.45) is 0. The zero-order valence-electron chi connectivity index (χ0n) is 5.37. The van der Waals surface area contributed by atoms with E-state index in [1.54, 1.807) is 6.07 Å². The molecule has 0 unspecified atom stereocenters. The van der Waals surface area contributed by atoms with Crippen LogP contribution in [0, 0.1) is 13.0 Å². The first kappa shape index (κ1) is 9.98. The highest BCUT2D eigenvalue weighted by Gasteiger charge is 2.07.